The van der Waals surface area contributed by atoms with Gasteiger partial charge in [0.25, 0.3) is 0 Å². The second kappa shape index (κ2) is 8.90. The molecule has 0 bridgehead atoms. The Bertz CT molecular complexity index is 830. The fourth-order valence-corrected chi connectivity index (χ4v) is 4.71. The third kappa shape index (κ3) is 5.21. The lowest BCUT2D eigenvalue weighted by Crippen LogP contribution is -2.36. The van der Waals surface area contributed by atoms with Crippen LogP contribution in [0.2, 0.25) is 0 Å². The molecule has 1 aliphatic rings. The van der Waals surface area contributed by atoms with Crippen LogP contribution in [-0.2, 0) is 10.2 Å². The van der Waals surface area contributed by atoms with Crippen molar-refractivity contribution in [3.05, 3.63) is 29.8 Å². The average Bonchev–Trinajstić information content (AvgIpc) is 3.29. The molecule has 1 aromatic heterocycles. The van der Waals surface area contributed by atoms with Crippen LogP contribution in [0.3, 0.4) is 0 Å². The van der Waals surface area contributed by atoms with E-state index in [2.05, 4.69) is 65.1 Å². The zero-order valence-electron chi connectivity index (χ0n) is 18.5. The molecule has 0 aliphatic heterocycles. The summed E-state index contributed by atoms with van der Waals surface area (Å²) in [6, 6.07) is 9.22. The SMILES string of the molecule is CC(C)NC(=O)C(C)Sc1nnc(-c2ccc(C(C)(C)C)cc2)n1C1CCCC1. The lowest BCUT2D eigenvalue weighted by molar-refractivity contribution is -0.120. The molecule has 1 heterocycles. The number of hydrogen-bond donors (Lipinski definition) is 1. The van der Waals surface area contributed by atoms with Gasteiger partial charge in [0.05, 0.1) is 5.25 Å². The Morgan fingerprint density at radius 3 is 2.28 bits per heavy atom. The fourth-order valence-electron chi connectivity index (χ4n) is 3.78. The van der Waals surface area contributed by atoms with Gasteiger partial charge >= 0.3 is 0 Å². The summed E-state index contributed by atoms with van der Waals surface area (Å²) in [6.45, 7) is 12.6. The van der Waals surface area contributed by atoms with Crippen LogP contribution in [0.5, 0.6) is 0 Å². The van der Waals surface area contributed by atoms with Crippen molar-refractivity contribution in [1.82, 2.24) is 20.1 Å². The molecule has 0 spiro atoms. The Kier molecular flexibility index (Phi) is 6.72. The van der Waals surface area contributed by atoms with Crippen LogP contribution in [0.4, 0.5) is 0 Å². The molecule has 6 heteroatoms. The van der Waals surface area contributed by atoms with Crippen LogP contribution < -0.4 is 5.32 Å². The number of hydrogen-bond acceptors (Lipinski definition) is 4. The van der Waals surface area contributed by atoms with Crippen molar-refractivity contribution < 1.29 is 4.79 Å². The highest BCUT2D eigenvalue weighted by Crippen LogP contribution is 2.38. The number of rotatable bonds is 6. The first-order valence-electron chi connectivity index (χ1n) is 10.7. The highest BCUT2D eigenvalue weighted by molar-refractivity contribution is 8.00. The maximum Gasteiger partial charge on any atom is 0.233 e. The number of nitrogens with one attached hydrogen (secondary N) is 1. The predicted octanol–water partition coefficient (Wildman–Crippen LogP) is 5.36. The summed E-state index contributed by atoms with van der Waals surface area (Å²) >= 11 is 1.51. The smallest absolute Gasteiger partial charge is 0.233 e. The van der Waals surface area contributed by atoms with Gasteiger partial charge in [-0.05, 0) is 44.6 Å². The van der Waals surface area contributed by atoms with Crippen LogP contribution in [-0.4, -0.2) is 32.0 Å². The van der Waals surface area contributed by atoms with Gasteiger partial charge in [-0.1, -0.05) is 69.6 Å². The highest BCUT2D eigenvalue weighted by atomic mass is 32.2. The van der Waals surface area contributed by atoms with Gasteiger partial charge in [-0.2, -0.15) is 0 Å². The van der Waals surface area contributed by atoms with Gasteiger partial charge < -0.3 is 5.32 Å². The standard InChI is InChI=1S/C23H34N4OS/c1-15(2)24-21(28)16(3)29-22-26-25-20(27(22)19-9-7-8-10-19)17-11-13-18(14-12-17)23(4,5)6/h11-16,19H,7-10H2,1-6H3,(H,24,28). The van der Waals surface area contributed by atoms with Crippen molar-refractivity contribution in [1.29, 1.82) is 0 Å². The summed E-state index contributed by atoms with van der Waals surface area (Å²) in [5.74, 6) is 0.957. The van der Waals surface area contributed by atoms with E-state index in [0.29, 0.717) is 6.04 Å². The molecule has 0 saturated heterocycles. The van der Waals surface area contributed by atoms with Gasteiger partial charge in [0.2, 0.25) is 5.91 Å². The molecule has 1 aliphatic carbocycles. The average molecular weight is 415 g/mol. The molecule has 1 unspecified atom stereocenters. The first-order chi connectivity index (χ1) is 13.7. The van der Waals surface area contributed by atoms with E-state index >= 15 is 0 Å². The van der Waals surface area contributed by atoms with E-state index < -0.39 is 0 Å². The highest BCUT2D eigenvalue weighted by Gasteiger charge is 2.27. The van der Waals surface area contributed by atoms with Crippen LogP contribution in [0, 0.1) is 0 Å². The van der Waals surface area contributed by atoms with Crippen molar-refractivity contribution in [3.63, 3.8) is 0 Å². The van der Waals surface area contributed by atoms with Crippen molar-refractivity contribution in [2.75, 3.05) is 0 Å². The molecule has 1 saturated carbocycles. The molecule has 29 heavy (non-hydrogen) atoms. The van der Waals surface area contributed by atoms with Gasteiger partial charge in [0.15, 0.2) is 11.0 Å². The van der Waals surface area contributed by atoms with Crippen molar-refractivity contribution >= 4 is 17.7 Å². The normalized spacial score (nSPS) is 16.4. The zero-order valence-corrected chi connectivity index (χ0v) is 19.3. The second-order valence-corrected chi connectivity index (χ2v) is 10.7. The molecule has 2 aromatic rings. The number of thioether (sulfide) groups is 1. The molecular weight excluding hydrogens is 380 g/mol. The molecule has 1 amide bonds. The van der Waals surface area contributed by atoms with E-state index in [0.717, 1.165) is 29.4 Å². The molecule has 1 aromatic carbocycles. The van der Waals surface area contributed by atoms with Gasteiger partial charge in [-0.3, -0.25) is 9.36 Å². The topological polar surface area (TPSA) is 59.8 Å². The summed E-state index contributed by atoms with van der Waals surface area (Å²) in [5, 5.41) is 12.7. The van der Waals surface area contributed by atoms with E-state index in [9.17, 15) is 4.79 Å². The van der Waals surface area contributed by atoms with Gasteiger partial charge in [-0.25, -0.2) is 0 Å². The van der Waals surface area contributed by atoms with Crippen molar-refractivity contribution in [2.24, 2.45) is 0 Å². The minimum atomic E-state index is -0.210. The summed E-state index contributed by atoms with van der Waals surface area (Å²) in [5.41, 5.74) is 2.52. The van der Waals surface area contributed by atoms with E-state index in [1.54, 1.807) is 0 Å². The number of carbonyl (C=O) groups excluding carboxylic acids is 1. The number of amides is 1. The van der Waals surface area contributed by atoms with Crippen LogP contribution >= 0.6 is 11.8 Å². The summed E-state index contributed by atoms with van der Waals surface area (Å²) in [4.78, 5) is 12.4. The molecule has 158 valence electrons. The third-order valence-electron chi connectivity index (χ3n) is 5.45. The van der Waals surface area contributed by atoms with Gasteiger partial charge in [-0.15, -0.1) is 10.2 Å². The monoisotopic (exact) mass is 414 g/mol. The molecule has 0 radical (unpaired) electrons. The van der Waals surface area contributed by atoms with Crippen molar-refractivity contribution in [3.8, 4) is 11.4 Å². The maximum absolute atomic E-state index is 12.4. The molecule has 5 nitrogen and oxygen atoms in total. The Hall–Kier alpha value is -1.82. The van der Waals surface area contributed by atoms with Gasteiger partial charge in [0, 0.05) is 17.6 Å². The molecule has 1 fully saturated rings. The Labute approximate surface area is 179 Å². The number of nitrogens with zero attached hydrogens (tertiary/aromatic N) is 3. The first kappa shape index (κ1) is 21.9. The minimum absolute atomic E-state index is 0.0436. The minimum Gasteiger partial charge on any atom is -0.353 e. The third-order valence-corrected chi connectivity index (χ3v) is 6.50. The summed E-state index contributed by atoms with van der Waals surface area (Å²) in [7, 11) is 0. The van der Waals surface area contributed by atoms with Crippen LogP contribution in [0.25, 0.3) is 11.4 Å². The van der Waals surface area contributed by atoms with E-state index in [1.165, 1.54) is 30.2 Å². The molecular formula is C23H34N4OS. The van der Waals surface area contributed by atoms with Crippen LogP contribution in [0.1, 0.15) is 78.8 Å². The predicted molar refractivity (Wildman–Crippen MR) is 120 cm³/mol. The lowest BCUT2D eigenvalue weighted by Gasteiger charge is -2.20. The second-order valence-electron chi connectivity index (χ2n) is 9.37. The summed E-state index contributed by atoms with van der Waals surface area (Å²) < 4.78 is 2.28. The van der Waals surface area contributed by atoms with Crippen molar-refractivity contribution in [2.45, 2.75) is 95.1 Å². The Balaban J connectivity index is 1.91. The Morgan fingerprint density at radius 2 is 1.72 bits per heavy atom. The fraction of sp³-hybridized carbons (Fsp3) is 0.609. The van der Waals surface area contributed by atoms with Gasteiger partial charge in [0.1, 0.15) is 0 Å². The quantitative estimate of drug-likeness (QED) is 0.646. The molecule has 1 N–H and O–H groups in total. The molecule has 1 atom stereocenters. The number of carbonyl (C=O) groups is 1. The Morgan fingerprint density at radius 1 is 1.10 bits per heavy atom. The lowest BCUT2D eigenvalue weighted by atomic mass is 9.86. The van der Waals surface area contributed by atoms with Crippen LogP contribution in [0.15, 0.2) is 29.4 Å². The van der Waals surface area contributed by atoms with E-state index in [1.807, 2.05) is 20.8 Å². The molecule has 3 rings (SSSR count). The largest absolute Gasteiger partial charge is 0.353 e. The summed E-state index contributed by atoms with van der Waals surface area (Å²) in [6.07, 6.45) is 4.76. The number of aromatic nitrogens is 3. The number of benzene rings is 1. The zero-order chi connectivity index (χ0) is 21.2. The van der Waals surface area contributed by atoms with E-state index in [-0.39, 0.29) is 22.6 Å². The maximum atomic E-state index is 12.4. The van der Waals surface area contributed by atoms with E-state index in [4.69, 9.17) is 0 Å². The first-order valence-corrected chi connectivity index (χ1v) is 11.6.